The average molecular weight is 222 g/mol. The number of hydrogen-bond donors (Lipinski definition) is 2. The summed E-state index contributed by atoms with van der Waals surface area (Å²) in [5.41, 5.74) is 0.370. The minimum atomic E-state index is -3.48. The van der Waals surface area contributed by atoms with Crippen LogP contribution in [0.1, 0.15) is 0 Å². The summed E-state index contributed by atoms with van der Waals surface area (Å²) in [5, 5.41) is 0.233. The lowest BCUT2D eigenvalue weighted by Gasteiger charge is -2.05. The van der Waals surface area contributed by atoms with Crippen LogP contribution >= 0.6 is 11.6 Å². The van der Waals surface area contributed by atoms with Gasteiger partial charge in [-0.15, -0.1) is 0 Å². The smallest absolute Gasteiger partial charge is 0.271 e. The molecule has 1 aromatic rings. The van der Waals surface area contributed by atoms with Gasteiger partial charge in [0.2, 0.25) is 0 Å². The summed E-state index contributed by atoms with van der Waals surface area (Å²) in [6.07, 6.45) is 1.41. The average Bonchev–Trinajstić information content (AvgIpc) is 2.03. The Labute approximate surface area is 81.3 Å². The fraction of sp³-hybridized carbons (Fsp3) is 0.167. The van der Waals surface area contributed by atoms with Gasteiger partial charge in [-0.3, -0.25) is 4.72 Å². The normalized spacial score (nSPS) is 11.2. The summed E-state index contributed by atoms with van der Waals surface area (Å²) < 4.78 is 26.3. The first kappa shape index (κ1) is 10.2. The van der Waals surface area contributed by atoms with Crippen molar-refractivity contribution in [1.82, 2.24) is 9.71 Å². The second-order valence-corrected chi connectivity index (χ2v) is 4.18. The van der Waals surface area contributed by atoms with Crippen LogP contribution in [0.15, 0.2) is 18.3 Å². The van der Waals surface area contributed by atoms with Crippen molar-refractivity contribution in [2.45, 2.75) is 0 Å². The topological polar surface area (TPSA) is 71.1 Å². The van der Waals surface area contributed by atoms with Gasteiger partial charge in [0.05, 0.1) is 5.69 Å². The fourth-order valence-corrected chi connectivity index (χ4v) is 1.39. The van der Waals surface area contributed by atoms with E-state index >= 15 is 0 Å². The molecule has 1 rings (SSSR count). The van der Waals surface area contributed by atoms with E-state index in [1.807, 2.05) is 0 Å². The first-order chi connectivity index (χ1) is 6.03. The zero-order valence-electron chi connectivity index (χ0n) is 6.78. The van der Waals surface area contributed by atoms with Gasteiger partial charge in [-0.05, 0) is 12.1 Å². The maximum Gasteiger partial charge on any atom is 0.298 e. The SMILES string of the molecule is CNS(=O)(=O)Nc1ccnc(Cl)c1. The van der Waals surface area contributed by atoms with E-state index in [1.165, 1.54) is 25.4 Å². The summed E-state index contributed by atoms with van der Waals surface area (Å²) in [4.78, 5) is 3.71. The Bertz CT molecular complexity index is 393. The molecule has 13 heavy (non-hydrogen) atoms. The van der Waals surface area contributed by atoms with Crippen LogP contribution in [0.2, 0.25) is 5.15 Å². The molecule has 0 spiro atoms. The van der Waals surface area contributed by atoms with Gasteiger partial charge in [0.15, 0.2) is 0 Å². The zero-order chi connectivity index (χ0) is 9.90. The quantitative estimate of drug-likeness (QED) is 0.735. The molecule has 0 amide bonds. The zero-order valence-corrected chi connectivity index (χ0v) is 8.35. The van der Waals surface area contributed by atoms with Crippen LogP contribution in [0, 0.1) is 0 Å². The molecule has 0 fully saturated rings. The molecular formula is C6H8ClN3O2S. The van der Waals surface area contributed by atoms with Gasteiger partial charge in [0, 0.05) is 13.2 Å². The number of nitrogens with one attached hydrogen (secondary N) is 2. The lowest BCUT2D eigenvalue weighted by Crippen LogP contribution is -2.26. The van der Waals surface area contributed by atoms with E-state index in [0.29, 0.717) is 5.69 Å². The van der Waals surface area contributed by atoms with Gasteiger partial charge in [-0.2, -0.15) is 8.42 Å². The largest absolute Gasteiger partial charge is 0.298 e. The first-order valence-electron chi connectivity index (χ1n) is 3.36. The van der Waals surface area contributed by atoms with Crippen LogP contribution in [0.5, 0.6) is 0 Å². The molecule has 1 heterocycles. The fourth-order valence-electron chi connectivity index (χ4n) is 0.672. The Morgan fingerprint density at radius 1 is 1.54 bits per heavy atom. The van der Waals surface area contributed by atoms with Crippen molar-refractivity contribution < 1.29 is 8.42 Å². The number of hydrogen-bond acceptors (Lipinski definition) is 3. The minimum Gasteiger partial charge on any atom is -0.271 e. The van der Waals surface area contributed by atoms with Crippen molar-refractivity contribution in [3.63, 3.8) is 0 Å². The molecule has 7 heteroatoms. The van der Waals surface area contributed by atoms with Crippen molar-refractivity contribution >= 4 is 27.5 Å². The van der Waals surface area contributed by atoms with Gasteiger partial charge in [0.25, 0.3) is 10.2 Å². The third-order valence-electron chi connectivity index (χ3n) is 1.25. The van der Waals surface area contributed by atoms with Crippen molar-refractivity contribution in [2.24, 2.45) is 0 Å². The summed E-state index contributed by atoms with van der Waals surface area (Å²) >= 11 is 5.55. The Morgan fingerprint density at radius 2 is 2.23 bits per heavy atom. The summed E-state index contributed by atoms with van der Waals surface area (Å²) in [6, 6.07) is 2.91. The highest BCUT2D eigenvalue weighted by Gasteiger charge is 2.05. The van der Waals surface area contributed by atoms with Crippen molar-refractivity contribution in [3.05, 3.63) is 23.5 Å². The van der Waals surface area contributed by atoms with Crippen LogP contribution in [-0.2, 0) is 10.2 Å². The van der Waals surface area contributed by atoms with E-state index in [-0.39, 0.29) is 5.15 Å². The van der Waals surface area contributed by atoms with E-state index in [1.54, 1.807) is 0 Å². The molecule has 1 aromatic heterocycles. The molecule has 0 aliphatic carbocycles. The highest BCUT2D eigenvalue weighted by Crippen LogP contribution is 2.12. The summed E-state index contributed by atoms with van der Waals surface area (Å²) in [5.74, 6) is 0. The second-order valence-electron chi connectivity index (χ2n) is 2.18. The molecule has 5 nitrogen and oxygen atoms in total. The molecule has 0 aromatic carbocycles. The third-order valence-corrected chi connectivity index (χ3v) is 2.50. The van der Waals surface area contributed by atoms with Crippen molar-refractivity contribution in [3.8, 4) is 0 Å². The Balaban J connectivity index is 2.87. The molecule has 0 saturated heterocycles. The number of rotatable bonds is 3. The molecule has 0 saturated carbocycles. The van der Waals surface area contributed by atoms with Crippen LogP contribution < -0.4 is 9.44 Å². The van der Waals surface area contributed by atoms with Crippen LogP contribution in [0.3, 0.4) is 0 Å². The monoisotopic (exact) mass is 221 g/mol. The number of anilines is 1. The molecule has 0 aliphatic heterocycles. The van der Waals surface area contributed by atoms with Crippen molar-refractivity contribution in [1.29, 1.82) is 0 Å². The standard InChI is InChI=1S/C6H8ClN3O2S/c1-8-13(11,12)10-5-2-3-9-6(7)4-5/h2-4,8H,1H3,(H,9,10). The van der Waals surface area contributed by atoms with Crippen LogP contribution in [0.4, 0.5) is 5.69 Å². The predicted molar refractivity (Wildman–Crippen MR) is 50.8 cm³/mol. The van der Waals surface area contributed by atoms with Gasteiger partial charge in [0.1, 0.15) is 5.15 Å². The molecule has 2 N–H and O–H groups in total. The summed E-state index contributed by atoms with van der Waals surface area (Å²) in [7, 11) is -2.17. The molecule has 0 bridgehead atoms. The number of pyridine rings is 1. The van der Waals surface area contributed by atoms with Gasteiger partial charge in [-0.1, -0.05) is 11.6 Å². The maximum atomic E-state index is 11.0. The lowest BCUT2D eigenvalue weighted by molar-refractivity contribution is 0.593. The third kappa shape index (κ3) is 3.17. The van der Waals surface area contributed by atoms with Gasteiger partial charge >= 0.3 is 0 Å². The number of halogens is 1. The maximum absolute atomic E-state index is 11.0. The Hall–Kier alpha value is -0.850. The molecule has 72 valence electrons. The molecular weight excluding hydrogens is 214 g/mol. The van der Waals surface area contributed by atoms with Crippen molar-refractivity contribution in [2.75, 3.05) is 11.8 Å². The number of aromatic nitrogens is 1. The van der Waals surface area contributed by atoms with E-state index in [4.69, 9.17) is 11.6 Å². The van der Waals surface area contributed by atoms with E-state index < -0.39 is 10.2 Å². The van der Waals surface area contributed by atoms with E-state index in [9.17, 15) is 8.42 Å². The highest BCUT2D eigenvalue weighted by molar-refractivity contribution is 7.90. The van der Waals surface area contributed by atoms with Crippen LogP contribution in [-0.4, -0.2) is 20.4 Å². The second kappa shape index (κ2) is 3.91. The Morgan fingerprint density at radius 3 is 2.77 bits per heavy atom. The molecule has 0 unspecified atom stereocenters. The highest BCUT2D eigenvalue weighted by atomic mass is 35.5. The number of nitrogens with zero attached hydrogens (tertiary/aromatic N) is 1. The van der Waals surface area contributed by atoms with Gasteiger partial charge < -0.3 is 0 Å². The van der Waals surface area contributed by atoms with Gasteiger partial charge in [-0.25, -0.2) is 9.71 Å². The van der Waals surface area contributed by atoms with Crippen LogP contribution in [0.25, 0.3) is 0 Å². The first-order valence-corrected chi connectivity index (χ1v) is 5.22. The lowest BCUT2D eigenvalue weighted by atomic mass is 10.4. The molecule has 0 atom stereocenters. The van der Waals surface area contributed by atoms with E-state index in [0.717, 1.165) is 0 Å². The minimum absolute atomic E-state index is 0.233. The molecule has 0 radical (unpaired) electrons. The van der Waals surface area contributed by atoms with E-state index in [2.05, 4.69) is 14.4 Å². The predicted octanol–water partition coefficient (Wildman–Crippen LogP) is 0.611. The summed E-state index contributed by atoms with van der Waals surface area (Å²) in [6.45, 7) is 0. The Kier molecular flexibility index (Phi) is 3.07. The molecule has 0 aliphatic rings.